The van der Waals surface area contributed by atoms with E-state index in [4.69, 9.17) is 9.57 Å². The molecule has 0 radical (unpaired) electrons. The number of nitrogens with one attached hydrogen (secondary N) is 2. The molecule has 242 valence electrons. The fourth-order valence-electron chi connectivity index (χ4n) is 5.66. The molecule has 0 aliphatic carbocycles. The van der Waals surface area contributed by atoms with Crippen molar-refractivity contribution in [1.29, 1.82) is 0 Å². The van der Waals surface area contributed by atoms with Gasteiger partial charge in [0.05, 0.1) is 0 Å². The first-order valence-corrected chi connectivity index (χ1v) is 15.4. The molecule has 3 aliphatic heterocycles. The number of H-pyrrole nitrogens is 1. The Labute approximate surface area is 268 Å². The van der Waals surface area contributed by atoms with E-state index in [1.807, 2.05) is 0 Å². The molecule has 2 N–H and O–H groups in total. The first kappa shape index (κ1) is 31.5. The second-order valence-corrected chi connectivity index (χ2v) is 11.3. The number of carbonyl (C=O) groups excluding carboxylic acids is 4. The lowest BCUT2D eigenvalue weighted by molar-refractivity contribution is -0.360. The van der Waals surface area contributed by atoms with E-state index in [2.05, 4.69) is 10.3 Å². The van der Waals surface area contributed by atoms with Gasteiger partial charge in [-0.05, 0) is 60.9 Å². The Morgan fingerprint density at radius 1 is 0.979 bits per heavy atom. The van der Waals surface area contributed by atoms with Crippen molar-refractivity contribution in [1.82, 2.24) is 19.8 Å². The SMILES string of the molecule is O=C(COc1ccc(C=Cc2ccc3n2[B-](F)(F)[N+]2=C(c4ccc[nH]4)C=CC2=C3)cc1)NCCCCCC(=O)ON1C(=O)CCC1=O. The molecule has 3 aromatic rings. The molecule has 0 saturated carbocycles. The van der Waals surface area contributed by atoms with E-state index in [9.17, 15) is 19.2 Å². The maximum absolute atomic E-state index is 16.0. The molecule has 0 bridgehead atoms. The number of carbonyl (C=O) groups is 4. The van der Waals surface area contributed by atoms with Crippen LogP contribution in [0.5, 0.6) is 5.75 Å². The van der Waals surface area contributed by atoms with Gasteiger partial charge in [-0.3, -0.25) is 14.4 Å². The number of fused-ring (bicyclic) bond motifs is 2. The van der Waals surface area contributed by atoms with Crippen LogP contribution in [0.4, 0.5) is 8.63 Å². The van der Waals surface area contributed by atoms with Gasteiger partial charge in [0.25, 0.3) is 17.7 Å². The van der Waals surface area contributed by atoms with Crippen molar-refractivity contribution in [3.8, 4) is 5.75 Å². The second kappa shape index (κ2) is 13.5. The summed E-state index contributed by atoms with van der Waals surface area (Å²) in [5, 5.41) is 3.28. The van der Waals surface area contributed by atoms with Gasteiger partial charge in [0.1, 0.15) is 11.4 Å². The topological polar surface area (TPSA) is 126 Å². The van der Waals surface area contributed by atoms with Crippen LogP contribution in [0.25, 0.3) is 18.2 Å². The summed E-state index contributed by atoms with van der Waals surface area (Å²) in [6.07, 6.45) is 12.1. The molecule has 5 heterocycles. The average Bonchev–Trinajstić information content (AvgIpc) is 3.87. The molecule has 3 aliphatic rings. The van der Waals surface area contributed by atoms with Crippen molar-refractivity contribution in [2.75, 3.05) is 13.2 Å². The average molecular weight is 643 g/mol. The summed E-state index contributed by atoms with van der Waals surface area (Å²) >= 11 is 0. The summed E-state index contributed by atoms with van der Waals surface area (Å²) in [5.74, 6) is -1.49. The van der Waals surface area contributed by atoms with Gasteiger partial charge in [0, 0.05) is 61.6 Å². The van der Waals surface area contributed by atoms with Crippen LogP contribution in [0, 0.1) is 0 Å². The first-order valence-electron chi connectivity index (χ1n) is 15.4. The van der Waals surface area contributed by atoms with E-state index in [0.717, 1.165) is 14.5 Å². The van der Waals surface area contributed by atoms with Gasteiger partial charge in [-0.25, -0.2) is 4.79 Å². The predicted molar refractivity (Wildman–Crippen MR) is 170 cm³/mol. The molecule has 0 atom stereocenters. The van der Waals surface area contributed by atoms with E-state index in [-0.39, 0.29) is 31.8 Å². The Hall–Kier alpha value is -5.53. The van der Waals surface area contributed by atoms with E-state index in [1.165, 1.54) is 0 Å². The van der Waals surface area contributed by atoms with Crippen LogP contribution in [0.3, 0.4) is 0 Å². The number of amides is 3. The summed E-state index contributed by atoms with van der Waals surface area (Å²) in [6.45, 7) is -3.94. The molecule has 6 rings (SSSR count). The van der Waals surface area contributed by atoms with Crippen LogP contribution < -0.4 is 10.1 Å². The molecule has 11 nitrogen and oxygen atoms in total. The maximum atomic E-state index is 16.0. The number of ether oxygens (including phenoxy) is 1. The van der Waals surface area contributed by atoms with Gasteiger partial charge < -0.3 is 37.5 Å². The summed E-state index contributed by atoms with van der Waals surface area (Å²) in [6, 6.07) is 13.8. The van der Waals surface area contributed by atoms with Gasteiger partial charge in [0.2, 0.25) is 0 Å². The number of aromatic amines is 1. The Kier molecular flexibility index (Phi) is 9.00. The number of allylic oxidation sites excluding steroid dienone is 2. The highest BCUT2D eigenvalue weighted by Crippen LogP contribution is 2.34. The minimum atomic E-state index is -4.15. The molecule has 0 unspecified atom stereocenters. The summed E-state index contributed by atoms with van der Waals surface area (Å²) in [4.78, 5) is 54.8. The molecule has 0 spiro atoms. The number of aromatic nitrogens is 2. The Balaban J connectivity index is 0.944. The van der Waals surface area contributed by atoms with E-state index in [0.29, 0.717) is 65.1 Å². The smallest absolute Gasteiger partial charge is 0.484 e. The fourth-order valence-corrected chi connectivity index (χ4v) is 5.66. The molecule has 14 heteroatoms. The largest absolute Gasteiger partial charge is 0.737 e. The number of nitrogens with zero attached hydrogens (tertiary/aromatic N) is 3. The van der Waals surface area contributed by atoms with Crippen LogP contribution in [0.2, 0.25) is 0 Å². The van der Waals surface area contributed by atoms with Crippen LogP contribution in [-0.2, 0) is 24.0 Å². The van der Waals surface area contributed by atoms with Crippen molar-refractivity contribution >= 4 is 54.6 Å². The number of imide groups is 1. The lowest BCUT2D eigenvalue weighted by Gasteiger charge is -2.30. The quantitative estimate of drug-likeness (QED) is 0.163. The van der Waals surface area contributed by atoms with E-state index in [1.54, 1.807) is 85.1 Å². The zero-order valence-electron chi connectivity index (χ0n) is 25.4. The number of unbranched alkanes of at least 4 members (excludes halogenated alkanes) is 2. The summed E-state index contributed by atoms with van der Waals surface area (Å²) in [5.41, 5.74) is 3.03. The van der Waals surface area contributed by atoms with Crippen molar-refractivity contribution in [3.63, 3.8) is 0 Å². The molecule has 1 aromatic carbocycles. The lowest BCUT2D eigenvalue weighted by Crippen LogP contribution is -2.50. The Bertz CT molecular complexity index is 1810. The van der Waals surface area contributed by atoms with Crippen LogP contribution >= 0.6 is 0 Å². The number of hydrogen-bond acceptors (Lipinski definition) is 6. The maximum Gasteiger partial charge on any atom is 0.737 e. The number of benzene rings is 1. The molecular weight excluding hydrogens is 611 g/mol. The van der Waals surface area contributed by atoms with Gasteiger partial charge in [0.15, 0.2) is 18.0 Å². The minimum absolute atomic E-state index is 0.0489. The summed E-state index contributed by atoms with van der Waals surface area (Å²) in [7, 11) is 0. The monoisotopic (exact) mass is 643 g/mol. The third kappa shape index (κ3) is 6.86. The standard InChI is InChI=1S/C33H32BF2N5O6/c35-34(36)39-24(11-12-25(39)21-26-13-16-29(40(26)34)28-5-4-20-37-28)10-7-23-8-14-27(15-9-23)46-22-30(42)38-19-3-1-2-6-33(45)47-41-31(43)17-18-32(41)44/h4-5,7-16,20-21,37H,1-3,6,17-19,22H2,(H,38,42). The van der Waals surface area contributed by atoms with E-state index < -0.39 is 24.8 Å². The highest BCUT2D eigenvalue weighted by Gasteiger charge is 2.52. The van der Waals surface area contributed by atoms with Crippen LogP contribution in [-0.4, -0.2) is 68.5 Å². The zero-order valence-corrected chi connectivity index (χ0v) is 25.4. The third-order valence-corrected chi connectivity index (χ3v) is 8.00. The molecule has 47 heavy (non-hydrogen) atoms. The molecule has 2 aromatic heterocycles. The molecular formula is C33H32BF2N5O6. The molecule has 1 saturated heterocycles. The fraction of sp³-hybridized carbons (Fsp3) is 0.242. The number of hydroxylamine groups is 2. The highest BCUT2D eigenvalue weighted by molar-refractivity contribution is 6.58. The first-order chi connectivity index (χ1) is 22.7. The second-order valence-electron chi connectivity index (χ2n) is 11.3. The number of rotatable bonds is 13. The summed E-state index contributed by atoms with van der Waals surface area (Å²) < 4.78 is 39.7. The Morgan fingerprint density at radius 3 is 2.51 bits per heavy atom. The third-order valence-electron chi connectivity index (χ3n) is 8.00. The van der Waals surface area contributed by atoms with E-state index >= 15 is 8.63 Å². The predicted octanol–water partition coefficient (Wildman–Crippen LogP) is 4.30. The van der Waals surface area contributed by atoms with Gasteiger partial charge in [-0.15, -0.1) is 5.06 Å². The minimum Gasteiger partial charge on any atom is -0.484 e. The highest BCUT2D eigenvalue weighted by atomic mass is 19.2. The van der Waals surface area contributed by atoms with Crippen LogP contribution in [0.15, 0.2) is 72.6 Å². The zero-order chi connectivity index (χ0) is 33.0. The van der Waals surface area contributed by atoms with Crippen molar-refractivity contribution in [3.05, 3.63) is 95.2 Å². The van der Waals surface area contributed by atoms with Gasteiger partial charge in [-0.2, -0.15) is 0 Å². The van der Waals surface area contributed by atoms with Crippen molar-refractivity contribution in [2.45, 2.75) is 38.5 Å². The van der Waals surface area contributed by atoms with Crippen LogP contribution in [0.1, 0.15) is 61.2 Å². The normalized spacial score (nSPS) is 16.5. The number of halogens is 2. The van der Waals surface area contributed by atoms with Gasteiger partial charge >= 0.3 is 12.9 Å². The molecule has 1 fully saturated rings. The number of hydrogen-bond donors (Lipinski definition) is 2. The lowest BCUT2D eigenvalue weighted by atomic mass is 9.90. The molecule has 3 amide bonds. The van der Waals surface area contributed by atoms with Crippen molar-refractivity contribution < 1.29 is 41.9 Å². The van der Waals surface area contributed by atoms with Gasteiger partial charge in [-0.1, -0.05) is 24.6 Å². The Morgan fingerprint density at radius 2 is 1.77 bits per heavy atom. The van der Waals surface area contributed by atoms with Crippen molar-refractivity contribution in [2.24, 2.45) is 0 Å².